The topological polar surface area (TPSA) is 58.4 Å². The Balaban J connectivity index is 1.90. The third-order valence-electron chi connectivity index (χ3n) is 4.08. The smallest absolute Gasteiger partial charge is 0.238 e. The zero-order chi connectivity index (χ0) is 14.5. The summed E-state index contributed by atoms with van der Waals surface area (Å²) < 4.78 is 0. The molecule has 2 rings (SSSR count). The van der Waals surface area contributed by atoms with Gasteiger partial charge in [0.2, 0.25) is 5.91 Å². The fourth-order valence-corrected chi connectivity index (χ4v) is 2.80. The van der Waals surface area contributed by atoms with E-state index in [2.05, 4.69) is 17.1 Å². The van der Waals surface area contributed by atoms with Crippen LogP contribution in [0.5, 0.6) is 0 Å². The van der Waals surface area contributed by atoms with Gasteiger partial charge in [0.1, 0.15) is 0 Å². The van der Waals surface area contributed by atoms with Gasteiger partial charge in [0.15, 0.2) is 0 Å². The first-order chi connectivity index (χ1) is 9.58. The molecule has 1 aliphatic heterocycles. The minimum Gasteiger partial charge on any atom is -0.399 e. The number of benzene rings is 1. The van der Waals surface area contributed by atoms with Gasteiger partial charge in [-0.3, -0.25) is 9.69 Å². The Kier molecular flexibility index (Phi) is 5.01. The van der Waals surface area contributed by atoms with Crippen LogP contribution in [0.4, 0.5) is 11.4 Å². The van der Waals surface area contributed by atoms with Crippen LogP contribution in [0.15, 0.2) is 18.2 Å². The van der Waals surface area contributed by atoms with Gasteiger partial charge < -0.3 is 11.1 Å². The summed E-state index contributed by atoms with van der Waals surface area (Å²) in [6.07, 6.45) is 3.69. The summed E-state index contributed by atoms with van der Waals surface area (Å²) in [7, 11) is 0. The molecule has 1 atom stereocenters. The third-order valence-corrected chi connectivity index (χ3v) is 4.08. The number of anilines is 2. The fourth-order valence-electron chi connectivity index (χ4n) is 2.80. The van der Waals surface area contributed by atoms with Crippen LogP contribution < -0.4 is 11.1 Å². The number of rotatable bonds is 4. The number of amides is 1. The van der Waals surface area contributed by atoms with Gasteiger partial charge in [0.25, 0.3) is 0 Å². The zero-order valence-corrected chi connectivity index (χ0v) is 12.5. The Labute approximate surface area is 121 Å². The maximum atomic E-state index is 12.1. The van der Waals surface area contributed by atoms with Crippen molar-refractivity contribution in [1.29, 1.82) is 0 Å². The molecule has 1 aliphatic rings. The summed E-state index contributed by atoms with van der Waals surface area (Å²) in [6, 6.07) is 5.60. The Morgan fingerprint density at radius 2 is 2.30 bits per heavy atom. The lowest BCUT2D eigenvalue weighted by Gasteiger charge is -2.31. The molecule has 110 valence electrons. The normalized spacial score (nSPS) is 19.8. The van der Waals surface area contributed by atoms with Crippen molar-refractivity contribution in [3.05, 3.63) is 23.8 Å². The molecular formula is C16H25N3O. The molecule has 1 heterocycles. The molecule has 1 fully saturated rings. The van der Waals surface area contributed by atoms with Crippen molar-refractivity contribution in [3.63, 3.8) is 0 Å². The van der Waals surface area contributed by atoms with E-state index < -0.39 is 0 Å². The number of nitrogens with two attached hydrogens (primary N) is 1. The van der Waals surface area contributed by atoms with Gasteiger partial charge >= 0.3 is 0 Å². The second kappa shape index (κ2) is 6.75. The Bertz CT molecular complexity index is 473. The van der Waals surface area contributed by atoms with E-state index >= 15 is 0 Å². The van der Waals surface area contributed by atoms with Crippen LogP contribution in [0.1, 0.15) is 31.7 Å². The first-order valence-electron chi connectivity index (χ1n) is 7.46. The van der Waals surface area contributed by atoms with Crippen LogP contribution >= 0.6 is 0 Å². The van der Waals surface area contributed by atoms with Gasteiger partial charge in [-0.05, 0) is 49.9 Å². The van der Waals surface area contributed by atoms with Gasteiger partial charge in [-0.15, -0.1) is 0 Å². The van der Waals surface area contributed by atoms with Crippen LogP contribution in [0.3, 0.4) is 0 Å². The van der Waals surface area contributed by atoms with Gasteiger partial charge in [0.05, 0.1) is 6.54 Å². The molecule has 1 aromatic carbocycles. The monoisotopic (exact) mass is 275 g/mol. The molecule has 3 N–H and O–H groups in total. The van der Waals surface area contributed by atoms with Crippen LogP contribution in [0, 0.1) is 12.8 Å². The van der Waals surface area contributed by atoms with Gasteiger partial charge in [-0.25, -0.2) is 0 Å². The Morgan fingerprint density at radius 3 is 3.05 bits per heavy atom. The highest BCUT2D eigenvalue weighted by atomic mass is 16.2. The lowest BCUT2D eigenvalue weighted by Crippen LogP contribution is -2.40. The van der Waals surface area contributed by atoms with Crippen LogP contribution in [-0.2, 0) is 4.79 Å². The molecular weight excluding hydrogens is 250 g/mol. The summed E-state index contributed by atoms with van der Waals surface area (Å²) in [5.74, 6) is 0.793. The van der Waals surface area contributed by atoms with E-state index in [-0.39, 0.29) is 5.91 Å². The van der Waals surface area contributed by atoms with Crippen LogP contribution in [-0.4, -0.2) is 30.4 Å². The van der Waals surface area contributed by atoms with E-state index in [1.54, 1.807) is 0 Å². The highest BCUT2D eigenvalue weighted by Gasteiger charge is 2.20. The van der Waals surface area contributed by atoms with E-state index in [0.717, 1.165) is 30.3 Å². The van der Waals surface area contributed by atoms with Crippen molar-refractivity contribution in [2.45, 2.75) is 33.1 Å². The highest BCUT2D eigenvalue weighted by Crippen LogP contribution is 2.20. The van der Waals surface area contributed by atoms with Crippen molar-refractivity contribution in [2.75, 3.05) is 30.7 Å². The molecule has 0 aliphatic carbocycles. The number of nitrogen functional groups attached to an aromatic ring is 1. The van der Waals surface area contributed by atoms with Crippen molar-refractivity contribution in [2.24, 2.45) is 5.92 Å². The molecule has 1 aromatic rings. The number of carbonyl (C=O) groups excluding carboxylic acids is 1. The predicted octanol–water partition coefficient (Wildman–Crippen LogP) is 2.64. The van der Waals surface area contributed by atoms with Gasteiger partial charge in [-0.1, -0.05) is 19.4 Å². The summed E-state index contributed by atoms with van der Waals surface area (Å²) >= 11 is 0. The SMILES string of the molecule is CCC1CCCN(CC(=O)Nc2cc(N)ccc2C)C1. The molecule has 4 nitrogen and oxygen atoms in total. The average Bonchev–Trinajstić information content (AvgIpc) is 2.43. The molecule has 20 heavy (non-hydrogen) atoms. The molecule has 1 saturated heterocycles. The van der Waals surface area contributed by atoms with E-state index in [1.807, 2.05) is 25.1 Å². The van der Waals surface area contributed by atoms with E-state index in [0.29, 0.717) is 12.2 Å². The van der Waals surface area contributed by atoms with E-state index in [1.165, 1.54) is 19.3 Å². The van der Waals surface area contributed by atoms with Crippen LogP contribution in [0.2, 0.25) is 0 Å². The number of hydrogen-bond acceptors (Lipinski definition) is 3. The van der Waals surface area contributed by atoms with Crippen LogP contribution in [0.25, 0.3) is 0 Å². The molecule has 0 bridgehead atoms. The van der Waals surface area contributed by atoms with E-state index in [9.17, 15) is 4.79 Å². The number of carbonyl (C=O) groups is 1. The highest BCUT2D eigenvalue weighted by molar-refractivity contribution is 5.93. The fraction of sp³-hybridized carbons (Fsp3) is 0.562. The number of hydrogen-bond donors (Lipinski definition) is 2. The number of piperidine rings is 1. The maximum Gasteiger partial charge on any atom is 0.238 e. The largest absolute Gasteiger partial charge is 0.399 e. The minimum atomic E-state index is 0.0513. The molecule has 1 unspecified atom stereocenters. The maximum absolute atomic E-state index is 12.1. The lowest BCUT2D eigenvalue weighted by molar-refractivity contribution is -0.117. The molecule has 1 amide bonds. The number of likely N-dealkylation sites (tertiary alicyclic amines) is 1. The number of nitrogens with one attached hydrogen (secondary N) is 1. The van der Waals surface area contributed by atoms with Gasteiger partial charge in [-0.2, -0.15) is 0 Å². The standard InChI is InChI=1S/C16H25N3O/c1-3-13-5-4-8-19(10-13)11-16(20)18-15-9-14(17)7-6-12(15)2/h6-7,9,13H,3-5,8,10-11,17H2,1-2H3,(H,18,20). The Hall–Kier alpha value is -1.55. The summed E-state index contributed by atoms with van der Waals surface area (Å²) in [4.78, 5) is 14.4. The molecule has 0 radical (unpaired) electrons. The first kappa shape index (κ1) is 14.9. The average molecular weight is 275 g/mol. The molecule has 4 heteroatoms. The van der Waals surface area contributed by atoms with Crippen molar-refractivity contribution < 1.29 is 4.79 Å². The second-order valence-electron chi connectivity index (χ2n) is 5.77. The summed E-state index contributed by atoms with van der Waals surface area (Å²) in [5.41, 5.74) is 8.30. The Morgan fingerprint density at radius 1 is 1.50 bits per heavy atom. The molecule has 0 aromatic heterocycles. The lowest BCUT2D eigenvalue weighted by atomic mass is 9.96. The van der Waals surface area contributed by atoms with Crippen molar-refractivity contribution >= 4 is 17.3 Å². The number of nitrogens with zero attached hydrogens (tertiary/aromatic N) is 1. The molecule has 0 saturated carbocycles. The van der Waals surface area contributed by atoms with Crippen molar-refractivity contribution in [3.8, 4) is 0 Å². The predicted molar refractivity (Wildman–Crippen MR) is 83.7 cm³/mol. The number of aryl methyl sites for hydroxylation is 1. The molecule has 0 spiro atoms. The zero-order valence-electron chi connectivity index (χ0n) is 12.5. The second-order valence-corrected chi connectivity index (χ2v) is 5.77. The summed E-state index contributed by atoms with van der Waals surface area (Å²) in [5, 5.41) is 2.97. The van der Waals surface area contributed by atoms with Crippen molar-refractivity contribution in [1.82, 2.24) is 4.90 Å². The third kappa shape index (κ3) is 3.97. The first-order valence-corrected chi connectivity index (χ1v) is 7.46. The summed E-state index contributed by atoms with van der Waals surface area (Å²) in [6.45, 7) is 6.75. The van der Waals surface area contributed by atoms with Gasteiger partial charge in [0, 0.05) is 17.9 Å². The van der Waals surface area contributed by atoms with E-state index in [4.69, 9.17) is 5.73 Å². The quantitative estimate of drug-likeness (QED) is 0.831. The minimum absolute atomic E-state index is 0.0513.